The number of hydrogen-bond donors (Lipinski definition) is 0. The number of benzene rings is 2. The summed E-state index contributed by atoms with van der Waals surface area (Å²) in [4.78, 5) is 14.2. The van der Waals surface area contributed by atoms with Gasteiger partial charge in [0.05, 0.1) is 31.4 Å². The number of anilines is 1. The molecule has 0 amide bonds. The Hall–Kier alpha value is -2.86. The molecule has 0 radical (unpaired) electrons. The fourth-order valence-corrected chi connectivity index (χ4v) is 3.99. The van der Waals surface area contributed by atoms with E-state index in [0.29, 0.717) is 41.1 Å². The van der Waals surface area contributed by atoms with Gasteiger partial charge in [0, 0.05) is 23.2 Å². The fraction of sp³-hybridized carbons (Fsp3) is 0.318. The minimum absolute atomic E-state index is 0.312. The van der Waals surface area contributed by atoms with Crippen LogP contribution in [-0.2, 0) is 13.0 Å². The van der Waals surface area contributed by atoms with Crippen LogP contribution in [0.3, 0.4) is 0 Å². The van der Waals surface area contributed by atoms with Crippen LogP contribution in [0, 0.1) is 0 Å². The summed E-state index contributed by atoms with van der Waals surface area (Å²) in [5.74, 6) is 1.84. The van der Waals surface area contributed by atoms with E-state index in [4.69, 9.17) is 30.2 Å². The smallest absolute Gasteiger partial charge is 0.336 e. The summed E-state index contributed by atoms with van der Waals surface area (Å²) in [6.07, 6.45) is 1.69. The molecule has 2 heterocycles. The summed E-state index contributed by atoms with van der Waals surface area (Å²) in [5, 5.41) is 1.37. The molecule has 0 unspecified atom stereocenters. The molecule has 3 aromatic rings. The van der Waals surface area contributed by atoms with E-state index in [2.05, 4.69) is 6.92 Å². The molecular weight excluding hydrogens is 394 g/mol. The van der Waals surface area contributed by atoms with Gasteiger partial charge in [-0.3, -0.25) is 0 Å². The second kappa shape index (κ2) is 7.87. The molecule has 0 saturated carbocycles. The number of nitrogens with zero attached hydrogens (tertiary/aromatic N) is 1. The molecule has 29 heavy (non-hydrogen) atoms. The molecule has 2 aromatic carbocycles. The molecule has 0 N–H and O–H groups in total. The Kier molecular flexibility index (Phi) is 5.28. The molecule has 0 saturated heterocycles. The summed E-state index contributed by atoms with van der Waals surface area (Å²) in [7, 11) is 3.20. The van der Waals surface area contributed by atoms with Crippen LogP contribution in [0.2, 0.25) is 5.02 Å². The van der Waals surface area contributed by atoms with Crippen molar-refractivity contribution in [3.63, 3.8) is 0 Å². The highest BCUT2D eigenvalue weighted by Crippen LogP contribution is 2.41. The molecule has 0 bridgehead atoms. The third kappa shape index (κ3) is 3.49. The number of aryl methyl sites for hydroxylation is 1. The molecule has 6 nitrogen and oxygen atoms in total. The largest absolute Gasteiger partial charge is 0.493 e. The minimum Gasteiger partial charge on any atom is -0.493 e. The topological polar surface area (TPSA) is 61.1 Å². The third-order valence-electron chi connectivity index (χ3n) is 5.09. The summed E-state index contributed by atoms with van der Waals surface area (Å²) in [6, 6.07) is 9.04. The van der Waals surface area contributed by atoms with Crippen molar-refractivity contribution in [1.82, 2.24) is 0 Å². The van der Waals surface area contributed by atoms with E-state index in [9.17, 15) is 4.79 Å². The van der Waals surface area contributed by atoms with Crippen LogP contribution in [0.5, 0.6) is 17.2 Å². The van der Waals surface area contributed by atoms with Gasteiger partial charge in [-0.1, -0.05) is 24.9 Å². The summed E-state index contributed by atoms with van der Waals surface area (Å²) >= 11 is 6.51. The van der Waals surface area contributed by atoms with Crippen molar-refractivity contribution in [3.8, 4) is 17.2 Å². The lowest BCUT2D eigenvalue weighted by molar-refractivity contribution is 0.289. The van der Waals surface area contributed by atoms with E-state index in [1.54, 1.807) is 20.3 Å². The number of ether oxygens (including phenoxy) is 3. The standard InChI is InChI=1S/C22H22ClNO5/c1-4-5-13-8-20(25)29-21-15(13)10-17(23)22-16(21)11-24(12-28-22)14-6-7-18(26-2)19(9-14)27-3/h6-10H,4-5,11-12H2,1-3H3. The normalized spacial score (nSPS) is 13.2. The van der Waals surface area contributed by atoms with Crippen LogP contribution >= 0.6 is 11.6 Å². The van der Waals surface area contributed by atoms with Crippen LogP contribution in [0.1, 0.15) is 24.5 Å². The highest BCUT2D eigenvalue weighted by molar-refractivity contribution is 6.33. The molecule has 1 aliphatic heterocycles. The summed E-state index contributed by atoms with van der Waals surface area (Å²) in [6.45, 7) is 2.87. The zero-order valence-electron chi connectivity index (χ0n) is 16.6. The average molecular weight is 416 g/mol. The number of fused-ring (bicyclic) bond motifs is 3. The van der Waals surface area contributed by atoms with Gasteiger partial charge in [0.25, 0.3) is 0 Å². The first-order valence-electron chi connectivity index (χ1n) is 9.43. The summed E-state index contributed by atoms with van der Waals surface area (Å²) in [5.41, 5.74) is 2.77. The predicted octanol–water partition coefficient (Wildman–Crippen LogP) is 4.77. The Morgan fingerprint density at radius 1 is 1.14 bits per heavy atom. The van der Waals surface area contributed by atoms with Gasteiger partial charge >= 0.3 is 5.63 Å². The Labute approximate surface area is 173 Å². The van der Waals surface area contributed by atoms with Gasteiger partial charge in [0.2, 0.25) is 0 Å². The van der Waals surface area contributed by atoms with Gasteiger partial charge < -0.3 is 23.5 Å². The molecule has 1 aliphatic rings. The third-order valence-corrected chi connectivity index (χ3v) is 5.37. The monoisotopic (exact) mass is 415 g/mol. The Morgan fingerprint density at radius 2 is 1.93 bits per heavy atom. The highest BCUT2D eigenvalue weighted by atomic mass is 35.5. The van der Waals surface area contributed by atoms with Crippen LogP contribution in [-0.4, -0.2) is 21.0 Å². The lowest BCUT2D eigenvalue weighted by Crippen LogP contribution is -2.32. The van der Waals surface area contributed by atoms with Gasteiger partial charge in [-0.05, 0) is 30.2 Å². The van der Waals surface area contributed by atoms with Gasteiger partial charge in [0.15, 0.2) is 18.2 Å². The average Bonchev–Trinajstić information content (AvgIpc) is 2.74. The van der Waals surface area contributed by atoms with Crippen molar-refractivity contribution >= 4 is 28.3 Å². The first-order chi connectivity index (χ1) is 14.0. The van der Waals surface area contributed by atoms with Crippen LogP contribution in [0.15, 0.2) is 39.5 Å². The summed E-state index contributed by atoms with van der Waals surface area (Å²) < 4.78 is 22.3. The van der Waals surface area contributed by atoms with Crippen LogP contribution in [0.25, 0.3) is 11.0 Å². The predicted molar refractivity (Wildman–Crippen MR) is 113 cm³/mol. The molecule has 0 spiro atoms. The number of methoxy groups -OCH3 is 2. The van der Waals surface area contributed by atoms with Crippen molar-refractivity contribution in [2.75, 3.05) is 25.9 Å². The van der Waals surface area contributed by atoms with E-state index < -0.39 is 0 Å². The van der Waals surface area contributed by atoms with Gasteiger partial charge in [-0.25, -0.2) is 4.79 Å². The maximum Gasteiger partial charge on any atom is 0.336 e. The van der Waals surface area contributed by atoms with Gasteiger partial charge in [0.1, 0.15) is 11.3 Å². The van der Waals surface area contributed by atoms with Gasteiger partial charge in [-0.15, -0.1) is 0 Å². The lowest BCUT2D eigenvalue weighted by Gasteiger charge is -2.32. The second-order valence-corrected chi connectivity index (χ2v) is 7.30. The zero-order valence-corrected chi connectivity index (χ0v) is 17.3. The van der Waals surface area contributed by atoms with Crippen molar-refractivity contribution in [3.05, 3.63) is 56.9 Å². The first kappa shape index (κ1) is 19.5. The van der Waals surface area contributed by atoms with Crippen molar-refractivity contribution in [1.29, 1.82) is 0 Å². The van der Waals surface area contributed by atoms with E-state index in [1.165, 1.54) is 0 Å². The molecule has 0 aliphatic carbocycles. The Morgan fingerprint density at radius 3 is 2.66 bits per heavy atom. The van der Waals surface area contributed by atoms with E-state index in [1.807, 2.05) is 29.2 Å². The maximum absolute atomic E-state index is 12.2. The zero-order chi connectivity index (χ0) is 20.5. The van der Waals surface area contributed by atoms with Crippen molar-refractivity contribution < 1.29 is 18.6 Å². The quantitative estimate of drug-likeness (QED) is 0.559. The molecule has 0 atom stereocenters. The number of hydrogen-bond acceptors (Lipinski definition) is 6. The number of rotatable bonds is 5. The SMILES string of the molecule is CCCc1cc(=O)oc2c3c(c(Cl)cc12)OCN(c1ccc(OC)c(OC)c1)C3. The number of halogens is 1. The minimum atomic E-state index is -0.367. The van der Waals surface area contributed by atoms with Gasteiger partial charge in [-0.2, -0.15) is 0 Å². The Bertz CT molecular complexity index is 1120. The maximum atomic E-state index is 12.2. The fourth-order valence-electron chi connectivity index (χ4n) is 3.72. The molecule has 1 aromatic heterocycles. The first-order valence-corrected chi connectivity index (χ1v) is 9.81. The highest BCUT2D eigenvalue weighted by Gasteiger charge is 2.26. The van der Waals surface area contributed by atoms with Crippen LogP contribution in [0.4, 0.5) is 5.69 Å². The van der Waals surface area contributed by atoms with Crippen molar-refractivity contribution in [2.45, 2.75) is 26.3 Å². The van der Waals surface area contributed by atoms with E-state index >= 15 is 0 Å². The molecule has 7 heteroatoms. The molecule has 152 valence electrons. The van der Waals surface area contributed by atoms with E-state index in [0.717, 1.165) is 35.0 Å². The Balaban J connectivity index is 1.82. The van der Waals surface area contributed by atoms with E-state index in [-0.39, 0.29) is 5.63 Å². The lowest BCUT2D eigenvalue weighted by atomic mass is 10.0. The van der Waals surface area contributed by atoms with Crippen molar-refractivity contribution in [2.24, 2.45) is 0 Å². The molecule has 4 rings (SSSR count). The van der Waals surface area contributed by atoms with Crippen LogP contribution < -0.4 is 24.7 Å². The molecular formula is C22H22ClNO5. The molecule has 0 fully saturated rings. The second-order valence-electron chi connectivity index (χ2n) is 6.89.